The first-order valence-corrected chi connectivity index (χ1v) is 10.5. The maximum absolute atomic E-state index is 13.0. The summed E-state index contributed by atoms with van der Waals surface area (Å²) in [6.45, 7) is 3.80. The van der Waals surface area contributed by atoms with Crippen molar-refractivity contribution in [2.45, 2.75) is 20.3 Å². The minimum absolute atomic E-state index is 0.158. The van der Waals surface area contributed by atoms with Crippen molar-refractivity contribution < 1.29 is 13.6 Å². The molecule has 0 unspecified atom stereocenters. The molecule has 0 saturated carbocycles. The second-order valence-corrected chi connectivity index (χ2v) is 7.63. The molecule has 0 radical (unpaired) electrons. The van der Waals surface area contributed by atoms with E-state index < -0.39 is 12.3 Å². The molecule has 8 nitrogen and oxygen atoms in total. The topological polar surface area (TPSA) is 96.8 Å². The number of carbonyl (C=O) groups excluding carboxylic acids is 1. The van der Waals surface area contributed by atoms with E-state index in [-0.39, 0.29) is 11.1 Å². The largest absolute Gasteiger partial charge is 0.373 e. The summed E-state index contributed by atoms with van der Waals surface area (Å²) < 4.78 is 27.6. The minimum atomic E-state index is -2.64. The van der Waals surface area contributed by atoms with Crippen molar-refractivity contribution >= 4 is 28.9 Å². The number of hydrogen-bond donors (Lipinski definition) is 3. The van der Waals surface area contributed by atoms with Crippen LogP contribution in [0.25, 0.3) is 5.82 Å². The molecular weight excluding hydrogens is 440 g/mol. The summed E-state index contributed by atoms with van der Waals surface area (Å²) in [5, 5.41) is 13.6. The molecule has 0 atom stereocenters. The number of rotatable bonds is 7. The molecule has 4 rings (SSSR count). The lowest BCUT2D eigenvalue weighted by atomic mass is 10.1. The fourth-order valence-corrected chi connectivity index (χ4v) is 3.35. The van der Waals surface area contributed by atoms with Crippen molar-refractivity contribution in [3.05, 3.63) is 83.3 Å². The Morgan fingerprint density at radius 1 is 1.03 bits per heavy atom. The molecular formula is C24H23F2N7O. The molecule has 34 heavy (non-hydrogen) atoms. The maximum Gasteiger partial charge on any atom is 0.263 e. The zero-order valence-electron chi connectivity index (χ0n) is 18.8. The third kappa shape index (κ3) is 5.01. The lowest BCUT2D eigenvalue weighted by Crippen LogP contribution is -2.12. The average Bonchev–Trinajstić information content (AvgIpc) is 3.21. The Kier molecular flexibility index (Phi) is 6.48. The Labute approximate surface area is 195 Å². The first kappa shape index (κ1) is 22.8. The number of hydrogen-bond acceptors (Lipinski definition) is 6. The summed E-state index contributed by atoms with van der Waals surface area (Å²) in [4.78, 5) is 21.1. The first-order chi connectivity index (χ1) is 16.3. The maximum atomic E-state index is 13.0. The van der Waals surface area contributed by atoms with E-state index in [1.54, 1.807) is 29.9 Å². The van der Waals surface area contributed by atoms with Gasteiger partial charge in [0.2, 0.25) is 0 Å². The molecule has 3 N–H and O–H groups in total. The summed E-state index contributed by atoms with van der Waals surface area (Å²) in [6, 6.07) is 14.4. The fourth-order valence-electron chi connectivity index (χ4n) is 3.35. The number of nitrogens with zero attached hydrogens (tertiary/aromatic N) is 4. The number of alkyl halides is 2. The average molecular weight is 463 g/mol. The quantitative estimate of drug-likeness (QED) is 0.346. The van der Waals surface area contributed by atoms with Gasteiger partial charge < -0.3 is 16.0 Å². The van der Waals surface area contributed by atoms with Gasteiger partial charge in [0.25, 0.3) is 12.3 Å². The standard InChI is InChI=1S/C24H23F2N7O/c1-14-7-8-18(30-24(34)17-6-4-5-16(10-17)23(25)26)11-19(14)31-22-9-15(2)32-33(22)21-12-20(27-3)28-13-29-21/h4-13,23,31H,1-3H3,(H,30,34)(H,27,28,29). The van der Waals surface area contributed by atoms with Gasteiger partial charge in [0.1, 0.15) is 18.0 Å². The number of amides is 1. The minimum Gasteiger partial charge on any atom is -0.373 e. The van der Waals surface area contributed by atoms with Crippen LogP contribution in [0, 0.1) is 13.8 Å². The van der Waals surface area contributed by atoms with E-state index in [4.69, 9.17) is 0 Å². The van der Waals surface area contributed by atoms with E-state index in [1.165, 1.54) is 30.6 Å². The number of benzene rings is 2. The molecule has 0 spiro atoms. The predicted octanol–water partition coefficient (Wildman–Crippen LogP) is 5.25. The normalized spacial score (nSPS) is 10.9. The van der Waals surface area contributed by atoms with Crippen LogP contribution in [0.2, 0.25) is 0 Å². The zero-order chi connectivity index (χ0) is 24.2. The van der Waals surface area contributed by atoms with Crippen molar-refractivity contribution in [3.63, 3.8) is 0 Å². The highest BCUT2D eigenvalue weighted by Crippen LogP contribution is 2.27. The van der Waals surface area contributed by atoms with Crippen LogP contribution >= 0.6 is 0 Å². The number of anilines is 4. The molecule has 0 aliphatic heterocycles. The van der Waals surface area contributed by atoms with Crippen molar-refractivity contribution in [1.29, 1.82) is 0 Å². The van der Waals surface area contributed by atoms with Crippen LogP contribution in [-0.4, -0.2) is 32.7 Å². The van der Waals surface area contributed by atoms with E-state index in [2.05, 4.69) is 31.0 Å². The van der Waals surface area contributed by atoms with Gasteiger partial charge in [0, 0.05) is 41.7 Å². The van der Waals surface area contributed by atoms with Crippen molar-refractivity contribution in [2.24, 2.45) is 0 Å². The van der Waals surface area contributed by atoms with E-state index in [1.807, 2.05) is 26.0 Å². The van der Waals surface area contributed by atoms with E-state index in [0.717, 1.165) is 16.9 Å². The van der Waals surface area contributed by atoms with Crippen molar-refractivity contribution in [2.75, 3.05) is 23.0 Å². The van der Waals surface area contributed by atoms with Gasteiger partial charge in [0.05, 0.1) is 5.69 Å². The molecule has 2 heterocycles. The van der Waals surface area contributed by atoms with Crippen molar-refractivity contribution in [1.82, 2.24) is 19.7 Å². The molecule has 10 heteroatoms. The Bertz CT molecular complexity index is 1340. The molecule has 1 amide bonds. The van der Waals surface area contributed by atoms with Gasteiger partial charge in [-0.15, -0.1) is 0 Å². The summed E-state index contributed by atoms with van der Waals surface area (Å²) in [5.41, 5.74) is 2.93. The molecule has 174 valence electrons. The Balaban J connectivity index is 1.59. The summed E-state index contributed by atoms with van der Waals surface area (Å²) in [5.74, 6) is 1.44. The number of nitrogens with one attached hydrogen (secondary N) is 3. The highest BCUT2D eigenvalue weighted by atomic mass is 19.3. The molecule has 0 bridgehead atoms. The van der Waals surface area contributed by atoms with E-state index >= 15 is 0 Å². The smallest absolute Gasteiger partial charge is 0.263 e. The molecule has 0 aliphatic carbocycles. The van der Waals surface area contributed by atoms with Gasteiger partial charge in [-0.2, -0.15) is 9.78 Å². The van der Waals surface area contributed by atoms with Gasteiger partial charge >= 0.3 is 0 Å². The van der Waals surface area contributed by atoms with Gasteiger partial charge in [0.15, 0.2) is 5.82 Å². The first-order valence-electron chi connectivity index (χ1n) is 10.5. The Morgan fingerprint density at radius 2 is 1.85 bits per heavy atom. The second-order valence-electron chi connectivity index (χ2n) is 7.63. The zero-order valence-corrected chi connectivity index (χ0v) is 18.8. The highest BCUT2D eigenvalue weighted by Gasteiger charge is 2.14. The number of aryl methyl sites for hydroxylation is 2. The summed E-state index contributed by atoms with van der Waals surface area (Å²) in [7, 11) is 1.77. The van der Waals surface area contributed by atoms with Crippen LogP contribution in [0.3, 0.4) is 0 Å². The molecule has 0 fully saturated rings. The summed E-state index contributed by atoms with van der Waals surface area (Å²) in [6.07, 6.45) is -1.19. The van der Waals surface area contributed by atoms with Gasteiger partial charge in [-0.3, -0.25) is 4.79 Å². The number of carbonyl (C=O) groups is 1. The third-order valence-corrected chi connectivity index (χ3v) is 5.12. The SMILES string of the molecule is CNc1cc(-n2nc(C)cc2Nc2cc(NC(=O)c3cccc(C(F)F)c3)ccc2C)ncn1. The predicted molar refractivity (Wildman–Crippen MR) is 127 cm³/mol. The van der Waals surface area contributed by atoms with Crippen LogP contribution in [-0.2, 0) is 0 Å². The molecule has 0 saturated heterocycles. The van der Waals surface area contributed by atoms with Crippen molar-refractivity contribution in [3.8, 4) is 5.82 Å². The van der Waals surface area contributed by atoms with Gasteiger partial charge in [-0.1, -0.05) is 18.2 Å². The van der Waals surface area contributed by atoms with Crippen LogP contribution < -0.4 is 16.0 Å². The number of halogens is 2. The van der Waals surface area contributed by atoms with E-state index in [0.29, 0.717) is 23.1 Å². The lowest BCUT2D eigenvalue weighted by Gasteiger charge is -2.14. The van der Waals surface area contributed by atoms with Crippen LogP contribution in [0.15, 0.2) is 60.9 Å². The third-order valence-electron chi connectivity index (χ3n) is 5.12. The van der Waals surface area contributed by atoms with E-state index in [9.17, 15) is 13.6 Å². The number of aromatic nitrogens is 4. The van der Waals surface area contributed by atoms with Crippen LogP contribution in [0.1, 0.15) is 33.6 Å². The molecule has 2 aromatic heterocycles. The van der Waals surface area contributed by atoms with Gasteiger partial charge in [-0.25, -0.2) is 18.7 Å². The fraction of sp³-hybridized carbons (Fsp3) is 0.167. The molecule has 2 aromatic carbocycles. The van der Waals surface area contributed by atoms with Gasteiger partial charge in [-0.05, 0) is 43.7 Å². The molecule has 0 aliphatic rings. The highest BCUT2D eigenvalue weighted by molar-refractivity contribution is 6.04. The second kappa shape index (κ2) is 9.65. The Hall–Kier alpha value is -4.34. The van der Waals surface area contributed by atoms with Crippen LogP contribution in [0.5, 0.6) is 0 Å². The Morgan fingerprint density at radius 3 is 2.62 bits per heavy atom. The monoisotopic (exact) mass is 463 g/mol. The van der Waals surface area contributed by atoms with Crippen LogP contribution in [0.4, 0.5) is 31.8 Å². The lowest BCUT2D eigenvalue weighted by molar-refractivity contribution is 0.102. The molecule has 4 aromatic rings. The summed E-state index contributed by atoms with van der Waals surface area (Å²) >= 11 is 0.